The number of carboxylic acids is 1. The zero-order chi connectivity index (χ0) is 17.9. The maximum Gasteiger partial charge on any atom is 0.332 e. The molecule has 7 heteroatoms. The fourth-order valence-electron chi connectivity index (χ4n) is 2.06. The molecule has 0 heterocycles. The Labute approximate surface area is 145 Å². The van der Waals surface area contributed by atoms with Crippen LogP contribution in [0.5, 0.6) is 0 Å². The second-order valence-corrected chi connectivity index (χ2v) is 7.40. The lowest BCUT2D eigenvalue weighted by Crippen LogP contribution is -2.31. The summed E-state index contributed by atoms with van der Waals surface area (Å²) in [5, 5.41) is 9.67. The molecule has 2 N–H and O–H groups in total. The fraction of sp³-hybridized carbons (Fsp3) is 0.118. The van der Waals surface area contributed by atoms with E-state index in [0.29, 0.717) is 10.6 Å². The molecule has 0 saturated heterocycles. The van der Waals surface area contributed by atoms with Gasteiger partial charge in [0.25, 0.3) is 0 Å². The van der Waals surface area contributed by atoms with Crippen LogP contribution in [0.4, 0.5) is 0 Å². The summed E-state index contributed by atoms with van der Waals surface area (Å²) in [6.45, 7) is 5.33. The predicted molar refractivity (Wildman–Crippen MR) is 92.5 cm³/mol. The molecule has 2 aromatic rings. The van der Waals surface area contributed by atoms with Gasteiger partial charge in [-0.1, -0.05) is 48.0 Å². The summed E-state index contributed by atoms with van der Waals surface area (Å²) < 4.78 is 27.5. The molecule has 0 radical (unpaired) electrons. The van der Waals surface area contributed by atoms with Crippen LogP contribution in [-0.2, 0) is 14.8 Å². The number of rotatable bonds is 6. The zero-order valence-electron chi connectivity index (χ0n) is 12.9. The third-order valence-corrected chi connectivity index (χ3v) is 5.12. The Kier molecular flexibility index (Phi) is 5.43. The molecule has 0 spiro atoms. The van der Waals surface area contributed by atoms with Gasteiger partial charge in [0.05, 0.1) is 16.5 Å². The summed E-state index contributed by atoms with van der Waals surface area (Å²) in [4.78, 5) is 11.3. The Morgan fingerprint density at radius 1 is 1.12 bits per heavy atom. The highest BCUT2D eigenvalue weighted by Gasteiger charge is 2.26. The van der Waals surface area contributed by atoms with Crippen LogP contribution in [0.1, 0.15) is 17.2 Å². The topological polar surface area (TPSA) is 83.5 Å². The van der Waals surface area contributed by atoms with E-state index in [1.165, 1.54) is 12.1 Å². The summed E-state index contributed by atoms with van der Waals surface area (Å²) >= 11 is 5.82. The maximum atomic E-state index is 12.5. The van der Waals surface area contributed by atoms with Crippen LogP contribution >= 0.6 is 11.6 Å². The van der Waals surface area contributed by atoms with Crippen molar-refractivity contribution >= 4 is 27.6 Å². The van der Waals surface area contributed by atoms with E-state index in [9.17, 15) is 18.3 Å². The van der Waals surface area contributed by atoms with Gasteiger partial charge in [-0.15, -0.1) is 0 Å². The molecule has 1 unspecified atom stereocenters. The highest BCUT2D eigenvalue weighted by molar-refractivity contribution is 7.89. The lowest BCUT2D eigenvalue weighted by molar-refractivity contribution is -0.132. The van der Waals surface area contributed by atoms with Crippen LogP contribution in [0.2, 0.25) is 5.02 Å². The van der Waals surface area contributed by atoms with E-state index >= 15 is 0 Å². The van der Waals surface area contributed by atoms with E-state index in [2.05, 4.69) is 11.3 Å². The molecule has 126 valence electrons. The molecule has 5 nitrogen and oxygen atoms in total. The van der Waals surface area contributed by atoms with E-state index in [1.807, 2.05) is 6.92 Å². The van der Waals surface area contributed by atoms with Crippen molar-refractivity contribution in [3.63, 3.8) is 0 Å². The first-order chi connectivity index (χ1) is 11.2. The third kappa shape index (κ3) is 4.23. The molecule has 1 atom stereocenters. The smallest absolute Gasteiger partial charge is 0.332 e. The van der Waals surface area contributed by atoms with Crippen molar-refractivity contribution in [3.8, 4) is 0 Å². The number of aryl methyl sites for hydroxylation is 1. The largest absolute Gasteiger partial charge is 0.478 e. The third-order valence-electron chi connectivity index (χ3n) is 3.43. The highest BCUT2D eigenvalue weighted by atomic mass is 35.5. The highest BCUT2D eigenvalue weighted by Crippen LogP contribution is 2.25. The lowest BCUT2D eigenvalue weighted by atomic mass is 10.0. The van der Waals surface area contributed by atoms with Gasteiger partial charge in [-0.3, -0.25) is 0 Å². The summed E-state index contributed by atoms with van der Waals surface area (Å²) in [6.07, 6.45) is 0. The Morgan fingerprint density at radius 3 is 2.17 bits per heavy atom. The molecule has 0 aliphatic rings. The van der Waals surface area contributed by atoms with Crippen molar-refractivity contribution in [2.24, 2.45) is 0 Å². The number of hydrogen-bond acceptors (Lipinski definition) is 3. The number of aliphatic carboxylic acids is 1. The molecule has 0 aliphatic heterocycles. The van der Waals surface area contributed by atoms with Crippen molar-refractivity contribution < 1.29 is 18.3 Å². The van der Waals surface area contributed by atoms with E-state index < -0.39 is 22.0 Å². The first-order valence-corrected chi connectivity index (χ1v) is 8.83. The minimum atomic E-state index is -3.92. The first kappa shape index (κ1) is 18.2. The number of sulfonamides is 1. The number of halogens is 1. The van der Waals surface area contributed by atoms with Crippen LogP contribution in [0, 0.1) is 6.92 Å². The fourth-order valence-corrected chi connectivity index (χ4v) is 3.40. The quantitative estimate of drug-likeness (QED) is 0.769. The number of hydrogen-bond donors (Lipinski definition) is 2. The summed E-state index contributed by atoms with van der Waals surface area (Å²) in [6, 6.07) is 11.4. The average molecular weight is 366 g/mol. The van der Waals surface area contributed by atoms with Crippen molar-refractivity contribution in [3.05, 3.63) is 76.8 Å². The number of carbonyl (C=O) groups is 1. The van der Waals surface area contributed by atoms with Crippen LogP contribution < -0.4 is 4.72 Å². The lowest BCUT2D eigenvalue weighted by Gasteiger charge is -2.19. The number of nitrogens with one attached hydrogen (secondary N) is 1. The molecule has 2 aromatic carbocycles. The number of carboxylic acid groups (broad SMARTS) is 1. The molecule has 0 saturated carbocycles. The molecule has 0 bridgehead atoms. The van der Waals surface area contributed by atoms with Gasteiger partial charge in [0.2, 0.25) is 10.0 Å². The molecule has 0 amide bonds. The number of benzene rings is 2. The minimum Gasteiger partial charge on any atom is -0.478 e. The Hall–Kier alpha value is -2.15. The zero-order valence-corrected chi connectivity index (χ0v) is 14.4. The van der Waals surface area contributed by atoms with E-state index in [4.69, 9.17) is 11.6 Å². The first-order valence-electron chi connectivity index (χ1n) is 6.97. The van der Waals surface area contributed by atoms with Gasteiger partial charge in [-0.2, -0.15) is 4.72 Å². The van der Waals surface area contributed by atoms with Gasteiger partial charge in [-0.05, 0) is 36.8 Å². The van der Waals surface area contributed by atoms with Gasteiger partial charge >= 0.3 is 5.97 Å². The Morgan fingerprint density at radius 2 is 1.67 bits per heavy atom. The normalized spacial score (nSPS) is 12.6. The Balaban J connectivity index is 2.41. The predicted octanol–water partition coefficient (Wildman–Crippen LogP) is 3.31. The SMILES string of the molecule is C=C(C(=O)O)C(NS(=O)(=O)c1ccc(C)cc1)c1ccc(Cl)cc1. The Bertz CT molecular complexity index is 858. The second-order valence-electron chi connectivity index (χ2n) is 5.25. The van der Waals surface area contributed by atoms with Gasteiger partial charge in [0.1, 0.15) is 0 Å². The van der Waals surface area contributed by atoms with Crippen molar-refractivity contribution in [2.75, 3.05) is 0 Å². The van der Waals surface area contributed by atoms with Crippen LogP contribution in [0.25, 0.3) is 0 Å². The van der Waals surface area contributed by atoms with Crippen LogP contribution in [-0.4, -0.2) is 19.5 Å². The van der Waals surface area contributed by atoms with Crippen LogP contribution in [0.3, 0.4) is 0 Å². The average Bonchev–Trinajstić information content (AvgIpc) is 2.53. The molecular weight excluding hydrogens is 350 g/mol. The second kappa shape index (κ2) is 7.17. The van der Waals surface area contributed by atoms with E-state index in [0.717, 1.165) is 5.56 Å². The van der Waals surface area contributed by atoms with Gasteiger partial charge in [0.15, 0.2) is 0 Å². The molecule has 0 aromatic heterocycles. The summed E-state index contributed by atoms with van der Waals surface area (Å²) in [5.74, 6) is -1.29. The van der Waals surface area contributed by atoms with Gasteiger partial charge < -0.3 is 5.11 Å². The monoisotopic (exact) mass is 365 g/mol. The van der Waals surface area contributed by atoms with Crippen molar-refractivity contribution in [1.82, 2.24) is 4.72 Å². The molecular formula is C17H16ClNO4S. The van der Waals surface area contributed by atoms with Gasteiger partial charge in [-0.25, -0.2) is 13.2 Å². The maximum absolute atomic E-state index is 12.5. The van der Waals surface area contributed by atoms with Crippen molar-refractivity contribution in [1.29, 1.82) is 0 Å². The van der Waals surface area contributed by atoms with Crippen LogP contribution in [0.15, 0.2) is 65.6 Å². The molecule has 0 aliphatic carbocycles. The molecule has 2 rings (SSSR count). The van der Waals surface area contributed by atoms with Gasteiger partial charge in [0, 0.05) is 5.02 Å². The molecule has 24 heavy (non-hydrogen) atoms. The summed E-state index contributed by atoms with van der Waals surface area (Å²) in [5.41, 5.74) is 1.06. The minimum absolute atomic E-state index is 0.0465. The van der Waals surface area contributed by atoms with E-state index in [-0.39, 0.29) is 10.5 Å². The van der Waals surface area contributed by atoms with Crippen molar-refractivity contribution in [2.45, 2.75) is 17.9 Å². The summed E-state index contributed by atoms with van der Waals surface area (Å²) in [7, 11) is -3.92. The molecule has 0 fully saturated rings. The standard InChI is InChI=1S/C17H16ClNO4S/c1-11-3-9-15(10-4-11)24(22,23)19-16(12(2)17(20)21)13-5-7-14(18)8-6-13/h3-10,16,19H,2H2,1H3,(H,20,21). The van der Waals surface area contributed by atoms with E-state index in [1.54, 1.807) is 36.4 Å².